The van der Waals surface area contributed by atoms with Crippen LogP contribution in [-0.2, 0) is 4.79 Å². The lowest BCUT2D eigenvalue weighted by Crippen LogP contribution is -2.38. The van der Waals surface area contributed by atoms with Crippen LogP contribution in [0.1, 0.15) is 17.3 Å². The van der Waals surface area contributed by atoms with Gasteiger partial charge in [-0.3, -0.25) is 14.4 Å². The maximum Gasteiger partial charge on any atom is 0.333 e. The maximum atomic E-state index is 12.7. The molecular weight excluding hydrogens is 384 g/mol. The number of carbonyl (C=O) groups excluding carboxylic acids is 2. The molecule has 0 saturated heterocycles. The van der Waals surface area contributed by atoms with Gasteiger partial charge in [0, 0.05) is 29.5 Å². The second-order valence-electron chi connectivity index (χ2n) is 5.84. The predicted octanol–water partition coefficient (Wildman–Crippen LogP) is 2.39. The summed E-state index contributed by atoms with van der Waals surface area (Å²) in [5, 5.41) is 5.64. The van der Waals surface area contributed by atoms with Crippen LogP contribution in [0.3, 0.4) is 0 Å². The molecule has 0 unspecified atom stereocenters. The van der Waals surface area contributed by atoms with E-state index in [1.807, 2.05) is 0 Å². The molecule has 3 N–H and O–H groups in total. The number of anilines is 2. The van der Waals surface area contributed by atoms with Gasteiger partial charge in [0.2, 0.25) is 5.91 Å². The second kappa shape index (κ2) is 7.93. The quantitative estimate of drug-likeness (QED) is 0.626. The normalized spacial score (nSPS) is 10.4. The average Bonchev–Trinajstić information content (AvgIpc) is 2.64. The Balaban J connectivity index is 1.89. The molecule has 0 radical (unpaired) electrons. The molecule has 9 heteroatoms. The lowest BCUT2D eigenvalue weighted by atomic mass is 10.2. The summed E-state index contributed by atoms with van der Waals surface area (Å²) in [6.07, 6.45) is 1.07. The van der Waals surface area contributed by atoms with Gasteiger partial charge in [0.25, 0.3) is 11.5 Å². The number of nitrogens with one attached hydrogen (secondary N) is 3. The first-order valence-electron chi connectivity index (χ1n) is 8.15. The third-order valence-corrected chi connectivity index (χ3v) is 4.02. The first-order valence-corrected chi connectivity index (χ1v) is 8.52. The summed E-state index contributed by atoms with van der Waals surface area (Å²) in [7, 11) is 0. The van der Waals surface area contributed by atoms with E-state index in [1.165, 1.54) is 31.2 Å². The lowest BCUT2D eigenvalue weighted by molar-refractivity contribution is -0.114. The van der Waals surface area contributed by atoms with Crippen molar-refractivity contribution in [1.82, 2.24) is 9.55 Å². The molecule has 142 valence electrons. The van der Waals surface area contributed by atoms with Gasteiger partial charge in [-0.1, -0.05) is 11.6 Å². The van der Waals surface area contributed by atoms with Crippen molar-refractivity contribution in [3.8, 4) is 5.69 Å². The molecule has 8 nitrogen and oxygen atoms in total. The summed E-state index contributed by atoms with van der Waals surface area (Å²) < 4.78 is 0.852. The summed E-state index contributed by atoms with van der Waals surface area (Å²) in [6.45, 7) is 1.39. The Hall–Kier alpha value is -3.65. The summed E-state index contributed by atoms with van der Waals surface area (Å²) in [5.41, 5.74) is -0.408. The van der Waals surface area contributed by atoms with Crippen LogP contribution < -0.4 is 21.9 Å². The van der Waals surface area contributed by atoms with E-state index in [2.05, 4.69) is 15.6 Å². The van der Waals surface area contributed by atoms with Gasteiger partial charge in [0.05, 0.1) is 5.69 Å². The van der Waals surface area contributed by atoms with Crippen LogP contribution in [-0.4, -0.2) is 21.4 Å². The third-order valence-electron chi connectivity index (χ3n) is 3.77. The molecule has 0 saturated carbocycles. The van der Waals surface area contributed by atoms with Gasteiger partial charge in [-0.2, -0.15) is 0 Å². The number of aromatic amines is 1. The van der Waals surface area contributed by atoms with Crippen LogP contribution >= 0.6 is 11.6 Å². The van der Waals surface area contributed by atoms with Crippen molar-refractivity contribution in [3.63, 3.8) is 0 Å². The van der Waals surface area contributed by atoms with E-state index in [4.69, 9.17) is 11.6 Å². The fraction of sp³-hybridized carbons (Fsp3) is 0.0526. The molecule has 0 aliphatic heterocycles. The number of carbonyl (C=O) groups is 2. The van der Waals surface area contributed by atoms with Gasteiger partial charge in [-0.25, -0.2) is 9.36 Å². The number of nitrogens with zero attached hydrogens (tertiary/aromatic N) is 1. The fourth-order valence-corrected chi connectivity index (χ4v) is 2.62. The van der Waals surface area contributed by atoms with Gasteiger partial charge in [0.1, 0.15) is 5.56 Å². The standard InChI is InChI=1S/C19H15ClN4O4/c1-11(25)22-13-4-6-14(7-5-13)23-17(26)16-10-21-19(28)24(18(16)27)15-8-2-12(20)3-9-15/h2-10H,1H3,(H,21,28)(H,22,25)(H,23,26). The lowest BCUT2D eigenvalue weighted by Gasteiger charge is -2.09. The highest BCUT2D eigenvalue weighted by Gasteiger charge is 2.16. The zero-order valence-corrected chi connectivity index (χ0v) is 15.4. The van der Waals surface area contributed by atoms with Crippen molar-refractivity contribution in [3.05, 3.63) is 86.2 Å². The highest BCUT2D eigenvalue weighted by molar-refractivity contribution is 6.30. The molecule has 2 amide bonds. The Morgan fingerprint density at radius 2 is 1.50 bits per heavy atom. The summed E-state index contributed by atoms with van der Waals surface area (Å²) in [4.78, 5) is 50.7. The Labute approximate surface area is 163 Å². The number of halogens is 1. The molecule has 28 heavy (non-hydrogen) atoms. The van der Waals surface area contributed by atoms with Crippen molar-refractivity contribution in [2.75, 3.05) is 10.6 Å². The van der Waals surface area contributed by atoms with Gasteiger partial charge in [-0.05, 0) is 48.5 Å². The van der Waals surface area contributed by atoms with E-state index in [0.29, 0.717) is 16.4 Å². The zero-order chi connectivity index (χ0) is 20.3. The molecule has 0 fully saturated rings. The van der Waals surface area contributed by atoms with Crippen LogP contribution in [0, 0.1) is 0 Å². The number of aromatic nitrogens is 2. The number of benzene rings is 2. The molecule has 0 aliphatic rings. The van der Waals surface area contributed by atoms with Crippen LogP contribution in [0.25, 0.3) is 5.69 Å². The molecular formula is C19H15ClN4O4. The molecule has 1 heterocycles. The van der Waals surface area contributed by atoms with Crippen LogP contribution in [0.15, 0.2) is 64.3 Å². The van der Waals surface area contributed by atoms with Gasteiger partial charge < -0.3 is 15.6 Å². The Morgan fingerprint density at radius 1 is 0.929 bits per heavy atom. The van der Waals surface area contributed by atoms with Crippen molar-refractivity contribution in [2.24, 2.45) is 0 Å². The van der Waals surface area contributed by atoms with Gasteiger partial charge in [0.15, 0.2) is 0 Å². The molecule has 0 atom stereocenters. The Bertz CT molecular complexity index is 1150. The zero-order valence-electron chi connectivity index (χ0n) is 14.7. The van der Waals surface area contributed by atoms with Crippen LogP contribution in [0.5, 0.6) is 0 Å². The van der Waals surface area contributed by atoms with E-state index in [-0.39, 0.29) is 17.2 Å². The first-order chi connectivity index (χ1) is 13.3. The largest absolute Gasteiger partial charge is 0.333 e. The highest BCUT2D eigenvalue weighted by atomic mass is 35.5. The van der Waals surface area contributed by atoms with Gasteiger partial charge >= 0.3 is 5.69 Å². The maximum absolute atomic E-state index is 12.7. The van der Waals surface area contributed by atoms with Crippen molar-refractivity contribution in [2.45, 2.75) is 6.92 Å². The fourth-order valence-electron chi connectivity index (χ4n) is 2.50. The number of H-pyrrole nitrogens is 1. The molecule has 0 spiro atoms. The van der Waals surface area contributed by atoms with E-state index in [9.17, 15) is 19.2 Å². The number of amides is 2. The number of rotatable bonds is 4. The minimum Gasteiger partial charge on any atom is -0.326 e. The minimum absolute atomic E-state index is 0.215. The minimum atomic E-state index is -0.765. The van der Waals surface area contributed by atoms with Crippen LogP contribution in [0.4, 0.5) is 11.4 Å². The SMILES string of the molecule is CC(=O)Nc1ccc(NC(=O)c2c[nH]c(=O)n(-c3ccc(Cl)cc3)c2=O)cc1. The molecule has 0 aliphatic carbocycles. The van der Waals surface area contributed by atoms with E-state index >= 15 is 0 Å². The van der Waals surface area contributed by atoms with Crippen molar-refractivity contribution in [1.29, 1.82) is 0 Å². The number of hydrogen-bond donors (Lipinski definition) is 3. The molecule has 1 aromatic heterocycles. The summed E-state index contributed by atoms with van der Waals surface area (Å²) in [5.74, 6) is -0.899. The monoisotopic (exact) mass is 398 g/mol. The topological polar surface area (TPSA) is 113 Å². The first kappa shape index (κ1) is 19.1. The van der Waals surface area contributed by atoms with E-state index in [1.54, 1.807) is 24.3 Å². The van der Waals surface area contributed by atoms with Crippen LogP contribution in [0.2, 0.25) is 5.02 Å². The average molecular weight is 399 g/mol. The van der Waals surface area contributed by atoms with Crippen molar-refractivity contribution >= 4 is 34.8 Å². The highest BCUT2D eigenvalue weighted by Crippen LogP contribution is 2.14. The van der Waals surface area contributed by atoms with Gasteiger partial charge in [-0.15, -0.1) is 0 Å². The molecule has 0 bridgehead atoms. The second-order valence-corrected chi connectivity index (χ2v) is 6.27. The smallest absolute Gasteiger partial charge is 0.326 e. The number of hydrogen-bond acceptors (Lipinski definition) is 4. The summed E-state index contributed by atoms with van der Waals surface area (Å²) in [6, 6.07) is 12.4. The van der Waals surface area contributed by atoms with E-state index < -0.39 is 17.2 Å². The molecule has 3 aromatic rings. The van der Waals surface area contributed by atoms with E-state index in [0.717, 1.165) is 10.8 Å². The molecule has 2 aromatic carbocycles. The Kier molecular flexibility index (Phi) is 5.42. The predicted molar refractivity (Wildman–Crippen MR) is 106 cm³/mol. The third kappa shape index (κ3) is 4.18. The van der Waals surface area contributed by atoms with Crippen molar-refractivity contribution < 1.29 is 9.59 Å². The molecule has 3 rings (SSSR count). The summed E-state index contributed by atoms with van der Waals surface area (Å²) >= 11 is 5.83. The Morgan fingerprint density at radius 3 is 2.07 bits per heavy atom.